The molecule has 0 radical (unpaired) electrons. The molecule has 1 aliphatic rings. The zero-order chi connectivity index (χ0) is 15.1. The van der Waals surface area contributed by atoms with Crippen LogP contribution in [0.4, 0.5) is 5.69 Å². The molecule has 118 valence electrons. The van der Waals surface area contributed by atoms with Gasteiger partial charge in [0.15, 0.2) is 0 Å². The van der Waals surface area contributed by atoms with E-state index in [-0.39, 0.29) is 0 Å². The van der Waals surface area contributed by atoms with Crippen molar-refractivity contribution in [2.24, 2.45) is 5.92 Å². The van der Waals surface area contributed by atoms with Crippen LogP contribution in [0.1, 0.15) is 33.1 Å². The van der Waals surface area contributed by atoms with E-state index in [0.29, 0.717) is 0 Å². The Morgan fingerprint density at radius 2 is 1.62 bits per heavy atom. The van der Waals surface area contributed by atoms with Crippen LogP contribution in [0.5, 0.6) is 5.75 Å². The van der Waals surface area contributed by atoms with Gasteiger partial charge in [-0.2, -0.15) is 0 Å². The van der Waals surface area contributed by atoms with Crippen molar-refractivity contribution < 1.29 is 4.74 Å². The third-order valence-corrected chi connectivity index (χ3v) is 4.82. The average molecular weight is 290 g/mol. The fourth-order valence-electron chi connectivity index (χ4n) is 3.08. The van der Waals surface area contributed by atoms with Crippen LogP contribution >= 0.6 is 0 Å². The van der Waals surface area contributed by atoms with E-state index in [1.807, 2.05) is 0 Å². The van der Waals surface area contributed by atoms with Crippen molar-refractivity contribution >= 4 is 5.69 Å². The number of ether oxygens (including phenoxy) is 1. The lowest BCUT2D eigenvalue weighted by molar-refractivity contribution is 0.235. The van der Waals surface area contributed by atoms with Crippen molar-refractivity contribution in [3.63, 3.8) is 0 Å². The van der Waals surface area contributed by atoms with Gasteiger partial charge in [0.1, 0.15) is 5.75 Å². The minimum Gasteiger partial charge on any atom is -0.497 e. The number of anilines is 1. The van der Waals surface area contributed by atoms with E-state index in [1.165, 1.54) is 44.6 Å². The molecule has 1 heterocycles. The lowest BCUT2D eigenvalue weighted by Crippen LogP contribution is -2.46. The molecule has 0 aliphatic carbocycles. The zero-order valence-electron chi connectivity index (χ0n) is 13.8. The second-order valence-electron chi connectivity index (χ2n) is 6.00. The van der Waals surface area contributed by atoms with Crippen molar-refractivity contribution in [1.82, 2.24) is 4.90 Å². The molecule has 1 aromatic rings. The Morgan fingerprint density at radius 3 is 2.14 bits per heavy atom. The van der Waals surface area contributed by atoms with Crippen molar-refractivity contribution in [2.75, 3.05) is 44.7 Å². The topological polar surface area (TPSA) is 15.7 Å². The van der Waals surface area contributed by atoms with Gasteiger partial charge in [0.25, 0.3) is 0 Å². The Balaban J connectivity index is 1.77. The monoisotopic (exact) mass is 290 g/mol. The number of nitrogens with zero attached hydrogens (tertiary/aromatic N) is 2. The molecule has 0 atom stereocenters. The first-order valence-corrected chi connectivity index (χ1v) is 8.38. The Bertz CT molecular complexity index is 392. The molecule has 2 rings (SSSR count). The molecule has 0 aromatic heterocycles. The van der Waals surface area contributed by atoms with Crippen LogP contribution in [0.25, 0.3) is 0 Å². The van der Waals surface area contributed by atoms with Gasteiger partial charge >= 0.3 is 0 Å². The maximum Gasteiger partial charge on any atom is 0.119 e. The normalized spacial score (nSPS) is 16.5. The summed E-state index contributed by atoms with van der Waals surface area (Å²) >= 11 is 0. The van der Waals surface area contributed by atoms with Gasteiger partial charge in [0, 0.05) is 31.9 Å². The molecule has 3 heteroatoms. The molecule has 0 unspecified atom stereocenters. The van der Waals surface area contributed by atoms with Crippen molar-refractivity contribution in [1.29, 1.82) is 0 Å². The van der Waals surface area contributed by atoms with E-state index in [2.05, 4.69) is 47.9 Å². The first-order valence-electron chi connectivity index (χ1n) is 8.38. The van der Waals surface area contributed by atoms with Crippen molar-refractivity contribution in [3.8, 4) is 5.75 Å². The van der Waals surface area contributed by atoms with Crippen molar-refractivity contribution in [3.05, 3.63) is 24.3 Å². The average Bonchev–Trinajstić information content (AvgIpc) is 2.56. The molecule has 0 amide bonds. The van der Waals surface area contributed by atoms with Gasteiger partial charge in [-0.3, -0.25) is 4.90 Å². The largest absolute Gasteiger partial charge is 0.497 e. The highest BCUT2D eigenvalue weighted by molar-refractivity contribution is 5.49. The predicted octanol–water partition coefficient (Wildman–Crippen LogP) is 3.64. The third-order valence-electron chi connectivity index (χ3n) is 4.82. The fraction of sp³-hybridized carbons (Fsp3) is 0.667. The molecule has 0 spiro atoms. The number of methoxy groups -OCH3 is 1. The first-order chi connectivity index (χ1) is 10.3. The van der Waals surface area contributed by atoms with Crippen LogP contribution in [0.3, 0.4) is 0 Å². The van der Waals surface area contributed by atoms with Gasteiger partial charge in [-0.1, -0.05) is 26.7 Å². The van der Waals surface area contributed by atoms with E-state index >= 15 is 0 Å². The van der Waals surface area contributed by atoms with Crippen LogP contribution in [-0.2, 0) is 0 Å². The second kappa shape index (κ2) is 8.28. The predicted molar refractivity (Wildman–Crippen MR) is 90.3 cm³/mol. The molecule has 1 aromatic carbocycles. The quantitative estimate of drug-likeness (QED) is 0.762. The van der Waals surface area contributed by atoms with Crippen LogP contribution < -0.4 is 9.64 Å². The highest BCUT2D eigenvalue weighted by Gasteiger charge is 2.17. The first kappa shape index (κ1) is 16.2. The van der Waals surface area contributed by atoms with E-state index in [1.54, 1.807) is 7.11 Å². The molecule has 0 N–H and O–H groups in total. The number of benzene rings is 1. The maximum absolute atomic E-state index is 5.22. The SMILES string of the molecule is CCC(CC)CCN1CCN(c2ccc(OC)cc2)CC1. The fourth-order valence-corrected chi connectivity index (χ4v) is 3.08. The smallest absolute Gasteiger partial charge is 0.119 e. The van der Waals surface area contributed by atoms with Gasteiger partial charge in [0.2, 0.25) is 0 Å². The number of piperazine rings is 1. The summed E-state index contributed by atoms with van der Waals surface area (Å²) in [5.41, 5.74) is 1.32. The summed E-state index contributed by atoms with van der Waals surface area (Å²) in [5.74, 6) is 1.84. The lowest BCUT2D eigenvalue weighted by Gasteiger charge is -2.36. The Hall–Kier alpha value is -1.22. The molecular weight excluding hydrogens is 260 g/mol. The van der Waals surface area contributed by atoms with Gasteiger partial charge in [-0.05, 0) is 43.1 Å². The highest BCUT2D eigenvalue weighted by Crippen LogP contribution is 2.21. The van der Waals surface area contributed by atoms with Gasteiger partial charge in [0.05, 0.1) is 7.11 Å². The van der Waals surface area contributed by atoms with Crippen LogP contribution in [0.2, 0.25) is 0 Å². The second-order valence-corrected chi connectivity index (χ2v) is 6.00. The Morgan fingerprint density at radius 1 is 1.00 bits per heavy atom. The van der Waals surface area contributed by atoms with E-state index in [0.717, 1.165) is 24.8 Å². The van der Waals surface area contributed by atoms with Crippen molar-refractivity contribution in [2.45, 2.75) is 33.1 Å². The maximum atomic E-state index is 5.22. The summed E-state index contributed by atoms with van der Waals surface area (Å²) in [6, 6.07) is 8.43. The minimum absolute atomic E-state index is 0.907. The lowest BCUT2D eigenvalue weighted by atomic mass is 9.99. The molecule has 21 heavy (non-hydrogen) atoms. The van der Waals surface area contributed by atoms with Crippen LogP contribution in [0.15, 0.2) is 24.3 Å². The standard InChI is InChI=1S/C18H30N2O/c1-4-16(5-2)10-11-19-12-14-20(15-13-19)17-6-8-18(21-3)9-7-17/h6-9,16H,4-5,10-15H2,1-3H3. The Labute approximate surface area is 129 Å². The summed E-state index contributed by atoms with van der Waals surface area (Å²) in [6.07, 6.45) is 4.00. The summed E-state index contributed by atoms with van der Waals surface area (Å²) < 4.78 is 5.22. The Kier molecular flexibility index (Phi) is 6.37. The molecule has 0 saturated carbocycles. The van der Waals surface area contributed by atoms with Gasteiger partial charge in [-0.25, -0.2) is 0 Å². The van der Waals surface area contributed by atoms with Gasteiger partial charge in [-0.15, -0.1) is 0 Å². The zero-order valence-corrected chi connectivity index (χ0v) is 13.8. The summed E-state index contributed by atoms with van der Waals surface area (Å²) in [5, 5.41) is 0. The summed E-state index contributed by atoms with van der Waals surface area (Å²) in [4.78, 5) is 5.10. The van der Waals surface area contributed by atoms with Gasteiger partial charge < -0.3 is 9.64 Å². The van der Waals surface area contributed by atoms with E-state index in [9.17, 15) is 0 Å². The molecule has 0 bridgehead atoms. The molecular formula is C18H30N2O. The molecule has 3 nitrogen and oxygen atoms in total. The number of rotatable bonds is 7. The summed E-state index contributed by atoms with van der Waals surface area (Å²) in [6.45, 7) is 10.5. The van der Waals surface area contributed by atoms with Crippen LogP contribution in [-0.4, -0.2) is 44.7 Å². The molecule has 1 aliphatic heterocycles. The third kappa shape index (κ3) is 4.63. The van der Waals surface area contributed by atoms with E-state index < -0.39 is 0 Å². The minimum atomic E-state index is 0.907. The van der Waals surface area contributed by atoms with E-state index in [4.69, 9.17) is 4.74 Å². The highest BCUT2D eigenvalue weighted by atomic mass is 16.5. The van der Waals surface area contributed by atoms with Crippen LogP contribution in [0, 0.1) is 5.92 Å². The number of hydrogen-bond acceptors (Lipinski definition) is 3. The summed E-state index contributed by atoms with van der Waals surface area (Å²) in [7, 11) is 1.72. The molecule has 1 saturated heterocycles. The number of hydrogen-bond donors (Lipinski definition) is 0. The molecule has 1 fully saturated rings.